The van der Waals surface area contributed by atoms with Crippen LogP contribution in [0.5, 0.6) is 5.75 Å². The third kappa shape index (κ3) is 38.6. The van der Waals surface area contributed by atoms with Gasteiger partial charge in [0.25, 0.3) is 0 Å². The van der Waals surface area contributed by atoms with Gasteiger partial charge in [0.1, 0.15) is 90.3 Å². The molecule has 0 radical (unpaired) electrons. The smallest absolute Gasteiger partial charge is 0.326 e. The van der Waals surface area contributed by atoms with E-state index in [0.29, 0.717) is 6.42 Å². The summed E-state index contributed by atoms with van der Waals surface area (Å²) in [6.07, 6.45) is -1.75. The number of carboxylic acid groups (broad SMARTS) is 4. The van der Waals surface area contributed by atoms with Gasteiger partial charge in [-0.1, -0.05) is 72.9 Å². The number of nitrogens with one attached hydrogen (secondary N) is 15. The minimum atomic E-state index is -2.03. The molecule has 0 unspecified atom stereocenters. The number of aromatic hydroxyl groups is 1. The van der Waals surface area contributed by atoms with Crippen molar-refractivity contribution in [1.82, 2.24) is 84.4 Å². The lowest BCUT2D eigenvalue weighted by atomic mass is 9.96. The minimum absolute atomic E-state index is 0.0743. The Kier molecular flexibility index (Phi) is 47.8. The lowest BCUT2D eigenvalue weighted by molar-refractivity contribution is -0.147. The summed E-state index contributed by atoms with van der Waals surface area (Å²) in [4.78, 5) is 275. The number of aliphatic hydroxyl groups excluding tert-OH is 2. The van der Waals surface area contributed by atoms with Crippen molar-refractivity contribution in [3.8, 4) is 5.75 Å². The van der Waals surface area contributed by atoms with Gasteiger partial charge in [-0.05, 0) is 99.5 Å². The van der Waals surface area contributed by atoms with Crippen molar-refractivity contribution >= 4 is 130 Å². The first-order valence-corrected chi connectivity index (χ1v) is 40.9. The van der Waals surface area contributed by atoms with Crippen LogP contribution in [0, 0.1) is 17.8 Å². The molecule has 18 atom stereocenters. The molecule has 0 fully saturated rings. The van der Waals surface area contributed by atoms with Crippen molar-refractivity contribution in [2.45, 2.75) is 242 Å². The molecule has 0 aliphatic rings. The number of thioether (sulfide) groups is 1. The van der Waals surface area contributed by atoms with Gasteiger partial charge in [-0.2, -0.15) is 11.8 Å². The summed E-state index contributed by atoms with van der Waals surface area (Å²) in [6, 6.07) is -20.8. The zero-order valence-corrected chi connectivity index (χ0v) is 70.3. The van der Waals surface area contributed by atoms with E-state index in [1.54, 1.807) is 34.0 Å². The fraction of sp³-hybridized carbons (Fsp3) is 0.613. The zero-order chi connectivity index (χ0) is 93.1. The van der Waals surface area contributed by atoms with Gasteiger partial charge >= 0.3 is 23.9 Å². The van der Waals surface area contributed by atoms with Gasteiger partial charge in [0.2, 0.25) is 94.5 Å². The van der Waals surface area contributed by atoms with Crippen molar-refractivity contribution in [3.63, 3.8) is 0 Å². The summed E-state index contributed by atoms with van der Waals surface area (Å²) in [6.45, 7) is 8.75. The number of carboxylic acids is 4. The fourth-order valence-electron chi connectivity index (χ4n) is 11.6. The number of H-pyrrole nitrogens is 1. The minimum Gasteiger partial charge on any atom is -0.508 e. The molecule has 0 spiro atoms. The van der Waals surface area contributed by atoms with E-state index in [4.69, 9.17) is 22.9 Å². The molecule has 30 N–H and O–H groups in total. The summed E-state index contributed by atoms with van der Waals surface area (Å²) < 4.78 is 0. The third-order valence-corrected chi connectivity index (χ3v) is 20.2. The topological polar surface area (TPSA) is 784 Å². The molecule has 2 aromatic rings. The second-order valence-corrected chi connectivity index (χ2v) is 30.3. The zero-order valence-electron chi connectivity index (χ0n) is 69.5. The molecule has 0 saturated carbocycles. The lowest BCUT2D eigenvalue weighted by Gasteiger charge is -2.30. The van der Waals surface area contributed by atoms with Gasteiger partial charge in [0.05, 0.1) is 50.5 Å². The summed E-state index contributed by atoms with van der Waals surface area (Å²) in [5, 5.41) is 102. The highest BCUT2D eigenvalue weighted by atomic mass is 32.2. The second-order valence-electron chi connectivity index (χ2n) is 29.3. The Balaban J connectivity index is 2.49. The Morgan fingerprint density at radius 2 is 0.764 bits per heavy atom. The molecule has 1 heterocycles. The number of phenols is 1. The average molecular weight is 1760 g/mol. The van der Waals surface area contributed by atoms with Crippen LogP contribution in [0.25, 0.3) is 0 Å². The van der Waals surface area contributed by atoms with E-state index in [0.717, 1.165) is 0 Å². The van der Waals surface area contributed by atoms with E-state index >= 15 is 0 Å². The average Bonchev–Trinajstić information content (AvgIpc) is 1.54. The SMILES string of the molecule is CC[C@H](C)[C@H](N)C(=O)N[C@@H](CO)C(=O)N[C@@H](CC(=O)O)C(=O)N[C@@H](Cc1ccc(O)cc1)C(=O)N[C@@H](CO)C(=O)N[C@H](C(=O)N[C@@H](C)C(=O)N[C@@H](CCSC)C(=O)N[C@@H](CC(=O)O)C(=O)N[C@@H](CCCCN)C(=O)N[C@H](C(=O)N[C@@H](Cc1c[nH]cn1)C(=O)N[C@@H](CCC(N)=O)C(=O)N[C@@H](CCC(N)=O)C(=O)N[C@@H](CC(=O)O)C(=O)O)[C@@H](C)CC)[C@@H](C)CC. The number of rotatable bonds is 60. The summed E-state index contributed by atoms with van der Waals surface area (Å²) >= 11 is 1.19. The van der Waals surface area contributed by atoms with Crippen LogP contribution in [-0.4, -0.2) is 287 Å². The van der Waals surface area contributed by atoms with Gasteiger partial charge in [0.15, 0.2) is 0 Å². The van der Waals surface area contributed by atoms with Crippen LogP contribution < -0.4 is 97.4 Å². The Labute approximate surface area is 711 Å². The molecule has 47 nitrogen and oxygen atoms in total. The van der Waals surface area contributed by atoms with E-state index in [9.17, 15) is 132 Å². The molecule has 0 aliphatic heterocycles. The van der Waals surface area contributed by atoms with Gasteiger partial charge in [-0.15, -0.1) is 0 Å². The first-order chi connectivity index (χ1) is 57.9. The number of nitrogens with zero attached hydrogens (tertiary/aromatic N) is 1. The molecule has 16 amide bonds. The van der Waals surface area contributed by atoms with Gasteiger partial charge in [-0.3, -0.25) is 91.1 Å². The van der Waals surface area contributed by atoms with Crippen molar-refractivity contribution in [3.05, 3.63) is 48.0 Å². The Hall–Kier alpha value is -12.2. The summed E-state index contributed by atoms with van der Waals surface area (Å²) in [5.74, 6) is -26.8. The number of benzene rings is 1. The Bertz CT molecular complexity index is 3960. The molecule has 2 rings (SSSR count). The molecular formula is C75H118N20O27S. The Morgan fingerprint density at radius 3 is 1.18 bits per heavy atom. The number of imidazole rings is 1. The first kappa shape index (κ1) is 107. The largest absolute Gasteiger partial charge is 0.508 e. The predicted octanol–water partition coefficient (Wildman–Crippen LogP) is -7.92. The highest BCUT2D eigenvalue weighted by molar-refractivity contribution is 7.98. The molecule has 686 valence electrons. The molecule has 0 aliphatic carbocycles. The van der Waals surface area contributed by atoms with Crippen LogP contribution in [0.15, 0.2) is 36.8 Å². The van der Waals surface area contributed by atoms with Gasteiger partial charge in [-0.25, -0.2) is 9.78 Å². The maximum absolute atomic E-state index is 14.7. The fourth-order valence-corrected chi connectivity index (χ4v) is 12.1. The maximum Gasteiger partial charge on any atom is 0.326 e. The lowest BCUT2D eigenvalue weighted by Crippen LogP contribution is -2.62. The number of amides is 16. The Morgan fingerprint density at radius 1 is 0.415 bits per heavy atom. The first-order valence-electron chi connectivity index (χ1n) is 39.5. The second kappa shape index (κ2) is 55.0. The number of aromatic amines is 1. The number of primary amides is 2. The standard InChI is InChI=1S/C75H118N20O27S/c1-9-35(4)58(79)72(118)93-51(32-96)70(116)89-49(29-56(103)104)69(115)87-46(26-39-15-17-41(98)18-16-39)66(112)92-52(33-97)71(117)95-59(36(5)10-2)73(119)82-38(7)61(107)83-45(23-25-123-8)64(110)88-48(28-55(101)102)68(114)84-42(14-12-13-24-76)65(111)94-60(37(6)11-3)74(120)90-47(27-40-31-80-34-81-40)67(113)86-43(19-21-53(77)99)62(108)85-44(20-22-54(78)100)63(109)91-50(75(121)122)30-57(105)106/h15-18,31,34-38,42-52,58-60,96-98H,9-14,19-30,32-33,76,79H2,1-8H3,(H2,77,99)(H2,78,100)(H,80,81)(H,82,119)(H,83,107)(H,84,114)(H,85,108)(H,86,113)(H,87,115)(H,88,110)(H,89,116)(H,90,120)(H,91,109)(H,92,112)(H,93,118)(H,94,111)(H,95,117)(H,101,102)(H,103,104)(H,105,106)(H,121,122)/t35-,36-,37-,38-,42-,43-,44-,45-,46-,47-,48-,49-,50-,51-,52-,58-,59-,60-/m0/s1. The molecule has 0 bridgehead atoms. The number of aromatic nitrogens is 2. The number of carbonyl (C=O) groups is 20. The maximum atomic E-state index is 14.7. The van der Waals surface area contributed by atoms with Crippen LogP contribution in [0.1, 0.15) is 150 Å². The van der Waals surface area contributed by atoms with Crippen molar-refractivity contribution in [2.24, 2.45) is 40.7 Å². The number of aliphatic carboxylic acids is 4. The molecule has 1 aromatic carbocycles. The van der Waals surface area contributed by atoms with E-state index in [1.807, 2.05) is 5.32 Å². The van der Waals surface area contributed by atoms with E-state index < -0.39 is 292 Å². The number of hydrogen-bond donors (Lipinski definition) is 26. The van der Waals surface area contributed by atoms with Crippen LogP contribution in [-0.2, 0) is 109 Å². The summed E-state index contributed by atoms with van der Waals surface area (Å²) in [5.41, 5.74) is 22.8. The van der Waals surface area contributed by atoms with Crippen molar-refractivity contribution in [1.29, 1.82) is 0 Å². The number of aliphatic hydroxyl groups is 2. The highest BCUT2D eigenvalue weighted by Crippen LogP contribution is 2.17. The monoisotopic (exact) mass is 1760 g/mol. The number of phenolic OH excluding ortho intramolecular Hbond substituents is 1. The number of unbranched alkanes of at least 4 members (excludes halogenated alkanes) is 1. The van der Waals surface area contributed by atoms with Crippen LogP contribution >= 0.6 is 11.8 Å². The van der Waals surface area contributed by atoms with Crippen LogP contribution in [0.2, 0.25) is 0 Å². The van der Waals surface area contributed by atoms with Crippen molar-refractivity contribution < 1.29 is 132 Å². The van der Waals surface area contributed by atoms with Crippen LogP contribution in [0.3, 0.4) is 0 Å². The number of carbonyl (C=O) groups excluding carboxylic acids is 16. The quantitative estimate of drug-likeness (QED) is 0.0274. The van der Waals surface area contributed by atoms with Crippen LogP contribution in [0.4, 0.5) is 0 Å². The number of nitrogens with two attached hydrogens (primary N) is 4. The molecule has 0 saturated heterocycles. The highest BCUT2D eigenvalue weighted by Gasteiger charge is 2.41. The van der Waals surface area contributed by atoms with E-state index in [2.05, 4.69) is 79.1 Å². The van der Waals surface area contributed by atoms with Crippen molar-refractivity contribution in [2.75, 3.05) is 31.8 Å². The predicted molar refractivity (Wildman–Crippen MR) is 434 cm³/mol. The van der Waals surface area contributed by atoms with E-state index in [-0.39, 0.29) is 73.7 Å². The number of hydrogen-bond acceptors (Lipinski definition) is 27. The molecular weight excluding hydrogens is 1650 g/mol. The van der Waals surface area contributed by atoms with E-state index in [1.165, 1.54) is 69.3 Å². The third-order valence-electron chi connectivity index (χ3n) is 19.6. The van der Waals surface area contributed by atoms with Gasteiger partial charge in [0, 0.05) is 31.9 Å². The molecule has 48 heteroatoms. The molecule has 123 heavy (non-hydrogen) atoms. The molecule has 1 aromatic heterocycles. The van der Waals surface area contributed by atoms with Gasteiger partial charge < -0.3 is 138 Å². The normalized spacial score (nSPS) is 15.5. The summed E-state index contributed by atoms with van der Waals surface area (Å²) in [7, 11) is 0.